The molecule has 17 heavy (non-hydrogen) atoms. The zero-order valence-corrected chi connectivity index (χ0v) is 10.7. The minimum Gasteiger partial charge on any atom is -0.383 e. The molecular formula is C14H17NO2. The highest BCUT2D eigenvalue weighted by atomic mass is 16.1. The van der Waals surface area contributed by atoms with Crippen LogP contribution < -0.4 is 0 Å². The lowest BCUT2D eigenvalue weighted by molar-refractivity contribution is -0.113. The van der Waals surface area contributed by atoms with Gasteiger partial charge < -0.3 is 4.90 Å². The van der Waals surface area contributed by atoms with Gasteiger partial charge in [-0.1, -0.05) is 29.8 Å². The molecule has 0 heterocycles. The molecule has 0 aromatic heterocycles. The molecule has 0 saturated carbocycles. The number of hydrogen-bond acceptors (Lipinski definition) is 3. The molecule has 1 aromatic rings. The van der Waals surface area contributed by atoms with E-state index in [1.807, 2.05) is 19.1 Å². The van der Waals surface area contributed by atoms with Gasteiger partial charge >= 0.3 is 0 Å². The van der Waals surface area contributed by atoms with Crippen molar-refractivity contribution in [1.82, 2.24) is 4.90 Å². The number of carbonyl (C=O) groups excluding carboxylic acids is 2. The highest BCUT2D eigenvalue weighted by Crippen LogP contribution is 2.11. The molecule has 1 aromatic carbocycles. The summed E-state index contributed by atoms with van der Waals surface area (Å²) in [6.45, 7) is 3.36. The summed E-state index contributed by atoms with van der Waals surface area (Å²) in [5.41, 5.74) is 1.83. The Kier molecular flexibility index (Phi) is 4.21. The zero-order chi connectivity index (χ0) is 13.0. The van der Waals surface area contributed by atoms with E-state index in [-0.39, 0.29) is 17.1 Å². The first-order valence-electron chi connectivity index (χ1n) is 5.42. The van der Waals surface area contributed by atoms with Crippen LogP contribution in [0.15, 0.2) is 36.0 Å². The van der Waals surface area contributed by atoms with E-state index in [4.69, 9.17) is 0 Å². The molecule has 3 nitrogen and oxygen atoms in total. The maximum Gasteiger partial charge on any atom is 0.198 e. The summed E-state index contributed by atoms with van der Waals surface area (Å²) in [5, 5.41) is 0. The smallest absolute Gasteiger partial charge is 0.198 e. The Balaban J connectivity index is 3.09. The Morgan fingerprint density at radius 2 is 1.65 bits per heavy atom. The largest absolute Gasteiger partial charge is 0.383 e. The van der Waals surface area contributed by atoms with Crippen LogP contribution in [0.5, 0.6) is 0 Å². The molecule has 0 unspecified atom stereocenters. The first-order valence-corrected chi connectivity index (χ1v) is 5.42. The second-order valence-corrected chi connectivity index (χ2v) is 4.26. The van der Waals surface area contributed by atoms with Crippen LogP contribution in [0.3, 0.4) is 0 Å². The van der Waals surface area contributed by atoms with E-state index in [0.29, 0.717) is 5.56 Å². The number of carbonyl (C=O) groups is 2. The lowest BCUT2D eigenvalue weighted by Crippen LogP contribution is -2.15. The Bertz CT molecular complexity index is 456. The van der Waals surface area contributed by atoms with Gasteiger partial charge in [0.15, 0.2) is 11.6 Å². The monoisotopic (exact) mass is 231 g/mol. The van der Waals surface area contributed by atoms with E-state index in [0.717, 1.165) is 5.56 Å². The second-order valence-electron chi connectivity index (χ2n) is 4.26. The number of hydrogen-bond donors (Lipinski definition) is 0. The van der Waals surface area contributed by atoms with Crippen LogP contribution in [-0.4, -0.2) is 30.6 Å². The normalized spacial score (nSPS) is 11.2. The molecule has 90 valence electrons. The third-order valence-corrected chi connectivity index (χ3v) is 2.32. The van der Waals surface area contributed by atoms with Crippen LogP contribution in [0.4, 0.5) is 0 Å². The van der Waals surface area contributed by atoms with Crippen molar-refractivity contribution in [3.8, 4) is 0 Å². The number of nitrogens with zero attached hydrogens (tertiary/aromatic N) is 1. The fourth-order valence-electron chi connectivity index (χ4n) is 1.43. The molecule has 0 fully saturated rings. The van der Waals surface area contributed by atoms with Gasteiger partial charge in [0.25, 0.3) is 0 Å². The summed E-state index contributed by atoms with van der Waals surface area (Å²) >= 11 is 0. The lowest BCUT2D eigenvalue weighted by atomic mass is 10.0. The van der Waals surface area contributed by atoms with Gasteiger partial charge in [-0.3, -0.25) is 9.59 Å². The van der Waals surface area contributed by atoms with Gasteiger partial charge in [0.2, 0.25) is 0 Å². The SMILES string of the molecule is CC(=O)C(=CN(C)C)C(=O)c1ccc(C)cc1. The number of rotatable bonds is 4. The Morgan fingerprint density at radius 3 is 2.06 bits per heavy atom. The topological polar surface area (TPSA) is 37.4 Å². The van der Waals surface area contributed by atoms with Gasteiger partial charge in [0.05, 0.1) is 5.57 Å². The van der Waals surface area contributed by atoms with Gasteiger partial charge in [-0.15, -0.1) is 0 Å². The molecule has 0 radical (unpaired) electrons. The van der Waals surface area contributed by atoms with Gasteiger partial charge in [0, 0.05) is 25.9 Å². The minimum absolute atomic E-state index is 0.207. The van der Waals surface area contributed by atoms with E-state index < -0.39 is 0 Å². The van der Waals surface area contributed by atoms with Crippen molar-refractivity contribution < 1.29 is 9.59 Å². The van der Waals surface area contributed by atoms with Crippen LogP contribution in [0.2, 0.25) is 0 Å². The average molecular weight is 231 g/mol. The van der Waals surface area contributed by atoms with Crippen molar-refractivity contribution in [2.24, 2.45) is 0 Å². The number of aryl methyl sites for hydroxylation is 1. The molecular weight excluding hydrogens is 214 g/mol. The average Bonchev–Trinajstić information content (AvgIpc) is 2.25. The predicted molar refractivity (Wildman–Crippen MR) is 68.0 cm³/mol. The van der Waals surface area contributed by atoms with Gasteiger partial charge in [-0.2, -0.15) is 0 Å². The van der Waals surface area contributed by atoms with Gasteiger partial charge in [-0.05, 0) is 13.8 Å². The molecule has 1 rings (SSSR count). The van der Waals surface area contributed by atoms with Crippen molar-refractivity contribution in [2.75, 3.05) is 14.1 Å². The summed E-state index contributed by atoms with van der Waals surface area (Å²) in [7, 11) is 3.57. The quantitative estimate of drug-likeness (QED) is 0.345. The fraction of sp³-hybridized carbons (Fsp3) is 0.286. The lowest BCUT2D eigenvalue weighted by Gasteiger charge is -2.09. The van der Waals surface area contributed by atoms with Crippen molar-refractivity contribution in [3.63, 3.8) is 0 Å². The van der Waals surface area contributed by atoms with Crippen molar-refractivity contribution >= 4 is 11.6 Å². The minimum atomic E-state index is -0.230. The fourth-order valence-corrected chi connectivity index (χ4v) is 1.43. The molecule has 0 aliphatic carbocycles. The van der Waals surface area contributed by atoms with Crippen molar-refractivity contribution in [1.29, 1.82) is 0 Å². The predicted octanol–water partition coefficient (Wildman–Crippen LogP) is 2.21. The number of benzene rings is 1. The molecule has 0 N–H and O–H groups in total. The van der Waals surface area contributed by atoms with Crippen LogP contribution in [0, 0.1) is 6.92 Å². The Morgan fingerprint density at radius 1 is 1.12 bits per heavy atom. The van der Waals surface area contributed by atoms with E-state index in [2.05, 4.69) is 0 Å². The maximum absolute atomic E-state index is 12.1. The Hall–Kier alpha value is -1.90. The number of Topliss-reactive ketones (excluding diaryl/α,β-unsaturated/α-hetero) is 2. The molecule has 0 atom stereocenters. The first-order chi connectivity index (χ1) is 7.91. The summed E-state index contributed by atoms with van der Waals surface area (Å²) < 4.78 is 0. The van der Waals surface area contributed by atoms with Crippen LogP contribution >= 0.6 is 0 Å². The molecule has 0 bridgehead atoms. The summed E-state index contributed by atoms with van der Waals surface area (Å²) in [5.74, 6) is -0.449. The summed E-state index contributed by atoms with van der Waals surface area (Å²) in [6.07, 6.45) is 1.56. The van der Waals surface area contributed by atoms with Crippen LogP contribution in [-0.2, 0) is 4.79 Å². The molecule has 0 aliphatic heterocycles. The second kappa shape index (κ2) is 5.43. The zero-order valence-electron chi connectivity index (χ0n) is 10.7. The maximum atomic E-state index is 12.1. The van der Waals surface area contributed by atoms with Crippen molar-refractivity contribution in [3.05, 3.63) is 47.2 Å². The van der Waals surface area contributed by atoms with Crippen molar-refractivity contribution in [2.45, 2.75) is 13.8 Å². The highest BCUT2D eigenvalue weighted by Gasteiger charge is 2.16. The number of allylic oxidation sites excluding steroid dienone is 1. The van der Waals surface area contributed by atoms with E-state index in [1.54, 1.807) is 37.3 Å². The van der Waals surface area contributed by atoms with Gasteiger partial charge in [-0.25, -0.2) is 0 Å². The number of ketones is 2. The highest BCUT2D eigenvalue weighted by molar-refractivity contribution is 6.25. The van der Waals surface area contributed by atoms with Gasteiger partial charge in [0.1, 0.15) is 0 Å². The third-order valence-electron chi connectivity index (χ3n) is 2.32. The van der Waals surface area contributed by atoms with Crippen LogP contribution in [0.1, 0.15) is 22.8 Å². The van der Waals surface area contributed by atoms with E-state index in [9.17, 15) is 9.59 Å². The molecule has 0 saturated heterocycles. The Labute approximate surface area is 102 Å². The molecule has 0 aliphatic rings. The molecule has 3 heteroatoms. The first kappa shape index (κ1) is 13.2. The van der Waals surface area contributed by atoms with E-state index >= 15 is 0 Å². The third kappa shape index (κ3) is 3.55. The summed E-state index contributed by atoms with van der Waals surface area (Å²) in [4.78, 5) is 25.3. The van der Waals surface area contributed by atoms with E-state index in [1.165, 1.54) is 6.92 Å². The summed E-state index contributed by atoms with van der Waals surface area (Å²) in [6, 6.07) is 7.20. The molecule has 0 spiro atoms. The van der Waals surface area contributed by atoms with Crippen LogP contribution in [0.25, 0.3) is 0 Å². The molecule has 0 amide bonds. The standard InChI is InChI=1S/C14H17NO2/c1-10-5-7-12(8-6-10)14(17)13(11(2)16)9-15(3)4/h5-9H,1-4H3.